The molecule has 0 saturated heterocycles. The van der Waals surface area contributed by atoms with E-state index in [4.69, 9.17) is 11.6 Å². The summed E-state index contributed by atoms with van der Waals surface area (Å²) in [6.45, 7) is 0. The van der Waals surface area contributed by atoms with Gasteiger partial charge in [0.1, 0.15) is 17.3 Å². The third-order valence-corrected chi connectivity index (χ3v) is 4.75. The molecule has 21 heavy (non-hydrogen) atoms. The number of imidazole rings is 1. The number of nitrogen functional groups attached to an aromatic ring is 2. The second-order valence-electron chi connectivity index (χ2n) is 5.54. The van der Waals surface area contributed by atoms with Crippen molar-refractivity contribution in [1.29, 1.82) is 0 Å². The highest BCUT2D eigenvalue weighted by atomic mass is 79.9. The molecule has 0 aliphatic heterocycles. The minimum Gasteiger partial charge on any atom is -0.382 e. The van der Waals surface area contributed by atoms with Gasteiger partial charge in [-0.25, -0.2) is 14.1 Å². The molecule has 112 valence electrons. The molecule has 1 aliphatic carbocycles. The zero-order chi connectivity index (χ0) is 15.0. The first kappa shape index (κ1) is 14.4. The lowest BCUT2D eigenvalue weighted by molar-refractivity contribution is 0.424. The van der Waals surface area contributed by atoms with Crippen molar-refractivity contribution in [3.63, 3.8) is 0 Å². The zero-order valence-electron chi connectivity index (χ0n) is 11.6. The summed E-state index contributed by atoms with van der Waals surface area (Å²) in [5.41, 5.74) is 7.49. The molecular formula is C15H18BrFN4. The molecule has 0 spiro atoms. The molecule has 1 heterocycles. The fraction of sp³-hybridized carbons (Fsp3) is 0.400. The van der Waals surface area contributed by atoms with Gasteiger partial charge in [0.05, 0.1) is 4.47 Å². The summed E-state index contributed by atoms with van der Waals surface area (Å²) in [6, 6.07) is 4.75. The lowest BCUT2D eigenvalue weighted by Gasteiger charge is -2.20. The van der Waals surface area contributed by atoms with Crippen LogP contribution >= 0.6 is 15.9 Å². The molecule has 0 unspecified atom stereocenters. The van der Waals surface area contributed by atoms with Crippen molar-refractivity contribution in [2.45, 2.75) is 38.0 Å². The fourth-order valence-corrected chi connectivity index (χ4v) is 3.35. The molecule has 3 rings (SSSR count). The molecule has 6 heteroatoms. The Kier molecular flexibility index (Phi) is 3.89. The van der Waals surface area contributed by atoms with Gasteiger partial charge >= 0.3 is 0 Å². The summed E-state index contributed by atoms with van der Waals surface area (Å²) in [6.07, 6.45) is 5.87. The van der Waals surface area contributed by atoms with Crippen LogP contribution in [0.15, 0.2) is 22.7 Å². The standard InChI is InChI=1S/C15H18BrFN4/c16-11-8-10(6-7-12(11)17)13-14(18)21(19)15(20-13)9-4-2-1-3-5-9/h6-9H,1-5,18-19H2. The van der Waals surface area contributed by atoms with Crippen LogP contribution in [0.5, 0.6) is 0 Å². The van der Waals surface area contributed by atoms with Gasteiger partial charge in [-0.15, -0.1) is 0 Å². The zero-order valence-corrected chi connectivity index (χ0v) is 13.2. The van der Waals surface area contributed by atoms with Crippen molar-refractivity contribution in [3.05, 3.63) is 34.3 Å². The number of nitrogens with zero attached hydrogens (tertiary/aromatic N) is 2. The molecule has 1 aromatic carbocycles. The average molecular weight is 353 g/mol. The van der Waals surface area contributed by atoms with E-state index in [0.29, 0.717) is 21.9 Å². The van der Waals surface area contributed by atoms with Gasteiger partial charge in [-0.2, -0.15) is 0 Å². The Morgan fingerprint density at radius 2 is 1.95 bits per heavy atom. The van der Waals surface area contributed by atoms with E-state index in [0.717, 1.165) is 24.2 Å². The largest absolute Gasteiger partial charge is 0.382 e. The van der Waals surface area contributed by atoms with E-state index in [1.165, 1.54) is 30.0 Å². The highest BCUT2D eigenvalue weighted by molar-refractivity contribution is 9.10. The lowest BCUT2D eigenvalue weighted by Crippen LogP contribution is -2.19. The third-order valence-electron chi connectivity index (χ3n) is 4.14. The van der Waals surface area contributed by atoms with Gasteiger partial charge in [-0.05, 0) is 47.0 Å². The molecule has 0 bridgehead atoms. The predicted octanol–water partition coefficient (Wildman–Crippen LogP) is 3.80. The van der Waals surface area contributed by atoms with Crippen LogP contribution < -0.4 is 11.6 Å². The third kappa shape index (κ3) is 2.64. The maximum absolute atomic E-state index is 13.4. The summed E-state index contributed by atoms with van der Waals surface area (Å²) < 4.78 is 15.2. The highest BCUT2D eigenvalue weighted by Crippen LogP contribution is 2.36. The molecule has 4 N–H and O–H groups in total. The molecule has 2 aromatic rings. The SMILES string of the molecule is Nc1c(-c2ccc(F)c(Br)c2)nc(C2CCCCC2)n1N. The Hall–Kier alpha value is -1.56. The summed E-state index contributed by atoms with van der Waals surface area (Å²) in [5, 5.41) is 0. The van der Waals surface area contributed by atoms with Crippen molar-refractivity contribution in [2.75, 3.05) is 11.6 Å². The van der Waals surface area contributed by atoms with Crippen molar-refractivity contribution in [1.82, 2.24) is 9.66 Å². The van der Waals surface area contributed by atoms with Gasteiger partial charge in [-0.1, -0.05) is 19.3 Å². The molecule has 1 aliphatic rings. The molecule has 0 radical (unpaired) electrons. The number of nitrogens with two attached hydrogens (primary N) is 2. The Morgan fingerprint density at radius 1 is 1.24 bits per heavy atom. The molecule has 1 fully saturated rings. The Labute approximate surface area is 131 Å². The normalized spacial score (nSPS) is 16.3. The molecule has 0 amide bonds. The van der Waals surface area contributed by atoms with Crippen LogP contribution in [-0.2, 0) is 0 Å². The molecule has 1 saturated carbocycles. The van der Waals surface area contributed by atoms with E-state index >= 15 is 0 Å². The van der Waals surface area contributed by atoms with Crippen molar-refractivity contribution >= 4 is 21.7 Å². The number of aromatic nitrogens is 2. The number of halogens is 2. The van der Waals surface area contributed by atoms with Gasteiger partial charge < -0.3 is 11.6 Å². The topological polar surface area (TPSA) is 69.9 Å². The second kappa shape index (κ2) is 5.67. The molecule has 1 aromatic heterocycles. The number of hydrogen-bond acceptors (Lipinski definition) is 3. The van der Waals surface area contributed by atoms with Gasteiger partial charge in [0.25, 0.3) is 0 Å². The van der Waals surface area contributed by atoms with Crippen molar-refractivity contribution in [3.8, 4) is 11.3 Å². The van der Waals surface area contributed by atoms with Gasteiger partial charge in [-0.3, -0.25) is 0 Å². The van der Waals surface area contributed by atoms with E-state index in [2.05, 4.69) is 20.9 Å². The molecular weight excluding hydrogens is 335 g/mol. The quantitative estimate of drug-likeness (QED) is 0.807. The Balaban J connectivity index is 2.01. The Bertz CT molecular complexity index is 662. The van der Waals surface area contributed by atoms with E-state index < -0.39 is 0 Å². The minimum absolute atomic E-state index is 0.308. The summed E-state index contributed by atoms with van der Waals surface area (Å²) in [4.78, 5) is 4.64. The number of benzene rings is 1. The number of hydrogen-bond donors (Lipinski definition) is 2. The molecule has 4 nitrogen and oxygen atoms in total. The van der Waals surface area contributed by atoms with Crippen LogP contribution in [0.3, 0.4) is 0 Å². The summed E-state index contributed by atoms with van der Waals surface area (Å²) in [5.74, 6) is 7.40. The van der Waals surface area contributed by atoms with Crippen LogP contribution in [-0.4, -0.2) is 9.66 Å². The Morgan fingerprint density at radius 3 is 2.62 bits per heavy atom. The first-order chi connectivity index (χ1) is 10.1. The predicted molar refractivity (Wildman–Crippen MR) is 85.7 cm³/mol. The fourth-order valence-electron chi connectivity index (χ4n) is 2.97. The number of rotatable bonds is 2. The lowest BCUT2D eigenvalue weighted by atomic mass is 9.89. The van der Waals surface area contributed by atoms with E-state index in [1.54, 1.807) is 12.1 Å². The first-order valence-corrected chi connectivity index (χ1v) is 7.96. The van der Waals surface area contributed by atoms with Crippen LogP contribution in [0.1, 0.15) is 43.8 Å². The summed E-state index contributed by atoms with van der Waals surface area (Å²) in [7, 11) is 0. The average Bonchev–Trinajstić information content (AvgIpc) is 2.79. The number of anilines is 1. The van der Waals surface area contributed by atoms with Gasteiger partial charge in [0, 0.05) is 11.5 Å². The highest BCUT2D eigenvalue weighted by Gasteiger charge is 2.24. The summed E-state index contributed by atoms with van der Waals surface area (Å²) >= 11 is 3.19. The van der Waals surface area contributed by atoms with E-state index in [1.807, 2.05) is 0 Å². The molecule has 0 atom stereocenters. The minimum atomic E-state index is -0.308. The smallest absolute Gasteiger partial charge is 0.150 e. The first-order valence-electron chi connectivity index (χ1n) is 7.16. The van der Waals surface area contributed by atoms with Crippen molar-refractivity contribution < 1.29 is 4.39 Å². The van der Waals surface area contributed by atoms with Crippen molar-refractivity contribution in [2.24, 2.45) is 0 Å². The van der Waals surface area contributed by atoms with Crippen LogP contribution in [0, 0.1) is 5.82 Å². The van der Waals surface area contributed by atoms with Crippen LogP contribution in [0.4, 0.5) is 10.2 Å². The maximum atomic E-state index is 13.4. The van der Waals surface area contributed by atoms with Gasteiger partial charge in [0.15, 0.2) is 5.82 Å². The van der Waals surface area contributed by atoms with Crippen LogP contribution in [0.25, 0.3) is 11.3 Å². The van der Waals surface area contributed by atoms with Gasteiger partial charge in [0.2, 0.25) is 0 Å². The monoisotopic (exact) mass is 352 g/mol. The van der Waals surface area contributed by atoms with Crippen LogP contribution in [0.2, 0.25) is 0 Å². The second-order valence-corrected chi connectivity index (χ2v) is 6.39. The van der Waals surface area contributed by atoms with E-state index in [9.17, 15) is 4.39 Å². The van der Waals surface area contributed by atoms with E-state index in [-0.39, 0.29) is 5.82 Å². The maximum Gasteiger partial charge on any atom is 0.150 e.